The first-order valence-corrected chi connectivity index (χ1v) is 10.7. The van der Waals surface area contributed by atoms with Gasteiger partial charge in [-0.05, 0) is 61.4 Å². The Hall–Kier alpha value is -3.45. The van der Waals surface area contributed by atoms with Crippen molar-refractivity contribution in [3.8, 4) is 5.75 Å². The van der Waals surface area contributed by atoms with E-state index >= 15 is 0 Å². The van der Waals surface area contributed by atoms with Gasteiger partial charge < -0.3 is 20.5 Å². The summed E-state index contributed by atoms with van der Waals surface area (Å²) in [5.41, 5.74) is 1.67. The molecule has 1 saturated carbocycles. The molecule has 1 fully saturated rings. The molecule has 2 heterocycles. The Labute approximate surface area is 187 Å². The Balaban J connectivity index is 1.64. The highest BCUT2D eigenvalue weighted by Crippen LogP contribution is 2.34. The van der Waals surface area contributed by atoms with Gasteiger partial charge in [0, 0.05) is 36.3 Å². The zero-order chi connectivity index (χ0) is 22.9. The molecule has 3 N–H and O–H groups in total. The highest BCUT2D eigenvalue weighted by Gasteiger charge is 2.29. The van der Waals surface area contributed by atoms with Crippen LogP contribution < -0.4 is 15.4 Å². The second-order valence-corrected chi connectivity index (χ2v) is 8.75. The zero-order valence-corrected chi connectivity index (χ0v) is 18.6. The maximum absolute atomic E-state index is 12.2. The Bertz CT molecular complexity index is 1160. The van der Waals surface area contributed by atoms with Gasteiger partial charge in [-0.2, -0.15) is 0 Å². The van der Waals surface area contributed by atoms with E-state index in [0.717, 1.165) is 40.3 Å². The van der Waals surface area contributed by atoms with Crippen LogP contribution in [-0.4, -0.2) is 40.2 Å². The van der Waals surface area contributed by atoms with Gasteiger partial charge in [0.1, 0.15) is 24.0 Å². The molecule has 0 aliphatic heterocycles. The molecule has 32 heavy (non-hydrogen) atoms. The molecule has 166 valence electrons. The molecule has 0 saturated heterocycles. The normalized spacial score (nSPS) is 13.6. The molecule has 4 rings (SSSR count). The van der Waals surface area contributed by atoms with Crippen molar-refractivity contribution in [3.63, 3.8) is 0 Å². The van der Waals surface area contributed by atoms with Crippen molar-refractivity contribution in [2.45, 2.75) is 32.3 Å². The van der Waals surface area contributed by atoms with Crippen LogP contribution in [0.5, 0.6) is 5.75 Å². The number of benzene rings is 1. The van der Waals surface area contributed by atoms with Crippen molar-refractivity contribution in [2.24, 2.45) is 5.92 Å². The van der Waals surface area contributed by atoms with Gasteiger partial charge in [0.15, 0.2) is 0 Å². The number of nitrogens with one attached hydrogen (secondary N) is 2. The number of amides is 1. The fourth-order valence-corrected chi connectivity index (χ4v) is 3.38. The van der Waals surface area contributed by atoms with Crippen LogP contribution in [-0.2, 0) is 4.79 Å². The first-order valence-electron chi connectivity index (χ1n) is 10.7. The minimum absolute atomic E-state index is 0.0155. The predicted octanol–water partition coefficient (Wildman–Crippen LogP) is 4.23. The topological polar surface area (TPSA) is 96.4 Å². The van der Waals surface area contributed by atoms with E-state index in [4.69, 9.17) is 4.74 Å². The summed E-state index contributed by atoms with van der Waals surface area (Å²) in [6.45, 7) is 7.90. The van der Waals surface area contributed by atoms with Crippen molar-refractivity contribution >= 4 is 33.9 Å². The smallest absolute Gasteiger partial charge is 0.228 e. The lowest BCUT2D eigenvalue weighted by Crippen LogP contribution is -2.27. The van der Waals surface area contributed by atoms with Crippen LogP contribution in [0.1, 0.15) is 37.8 Å². The number of rotatable bonds is 8. The summed E-state index contributed by atoms with van der Waals surface area (Å²) in [5, 5.41) is 17.6. The third-order valence-corrected chi connectivity index (χ3v) is 5.33. The van der Waals surface area contributed by atoms with Crippen LogP contribution in [0.25, 0.3) is 16.3 Å². The lowest BCUT2D eigenvalue weighted by Gasteiger charge is -2.18. The van der Waals surface area contributed by atoms with E-state index in [2.05, 4.69) is 27.2 Å². The van der Waals surface area contributed by atoms with Gasteiger partial charge in [-0.25, -0.2) is 9.97 Å². The SMILES string of the molecule is C=C(c1ccc(OCC(C)(C)O)cc1)c1cnc(NC)c2cnc(NC(=O)C3CC3)cc12. The van der Waals surface area contributed by atoms with E-state index in [0.29, 0.717) is 17.4 Å². The Morgan fingerprint density at radius 1 is 1.19 bits per heavy atom. The van der Waals surface area contributed by atoms with Crippen molar-refractivity contribution in [2.75, 3.05) is 24.3 Å². The quantitative estimate of drug-likeness (QED) is 0.493. The summed E-state index contributed by atoms with van der Waals surface area (Å²) in [6.07, 6.45) is 5.37. The number of pyridine rings is 2. The van der Waals surface area contributed by atoms with E-state index < -0.39 is 5.60 Å². The molecule has 1 aliphatic carbocycles. The third-order valence-electron chi connectivity index (χ3n) is 5.33. The highest BCUT2D eigenvalue weighted by atomic mass is 16.5. The summed E-state index contributed by atoms with van der Waals surface area (Å²) in [5.74, 6) is 2.02. The van der Waals surface area contributed by atoms with Crippen LogP contribution in [0.4, 0.5) is 11.6 Å². The monoisotopic (exact) mass is 432 g/mol. The standard InChI is InChI=1S/C25H28N4O3/c1-15(16-7-9-18(10-8-16)32-14-25(2,3)31)20-12-28-23(26-4)21-13-27-22(11-19(20)21)29-24(30)17-5-6-17/h7-13,17,31H,1,5-6,14H2,2-4H3,(H,26,28)(H,27,29,30). The molecular weight excluding hydrogens is 404 g/mol. The zero-order valence-electron chi connectivity index (χ0n) is 18.6. The molecule has 0 atom stereocenters. The van der Waals surface area contributed by atoms with Gasteiger partial charge in [0.25, 0.3) is 0 Å². The van der Waals surface area contributed by atoms with Crippen LogP contribution >= 0.6 is 0 Å². The van der Waals surface area contributed by atoms with Gasteiger partial charge in [0.05, 0.1) is 5.60 Å². The average molecular weight is 433 g/mol. The first kappa shape index (κ1) is 21.8. The number of nitrogens with zero attached hydrogens (tertiary/aromatic N) is 2. The Morgan fingerprint density at radius 2 is 1.91 bits per heavy atom. The van der Waals surface area contributed by atoms with Crippen LogP contribution in [0.3, 0.4) is 0 Å². The maximum atomic E-state index is 12.2. The maximum Gasteiger partial charge on any atom is 0.228 e. The fraction of sp³-hybridized carbons (Fsp3) is 0.320. The third kappa shape index (κ3) is 4.89. The van der Waals surface area contributed by atoms with Gasteiger partial charge in [0.2, 0.25) is 5.91 Å². The minimum Gasteiger partial charge on any atom is -0.491 e. The molecule has 3 aromatic rings. The Kier molecular flexibility index (Phi) is 5.84. The second kappa shape index (κ2) is 8.59. The fourth-order valence-electron chi connectivity index (χ4n) is 3.38. The van der Waals surface area contributed by atoms with E-state index in [9.17, 15) is 9.90 Å². The summed E-state index contributed by atoms with van der Waals surface area (Å²) in [7, 11) is 1.81. The minimum atomic E-state index is -0.900. The molecule has 1 aliphatic rings. The average Bonchev–Trinajstić information content (AvgIpc) is 3.62. The number of carbonyl (C=O) groups is 1. The van der Waals surface area contributed by atoms with Crippen molar-refractivity contribution in [3.05, 3.63) is 60.4 Å². The van der Waals surface area contributed by atoms with Crippen molar-refractivity contribution in [1.29, 1.82) is 0 Å². The van der Waals surface area contributed by atoms with E-state index in [1.54, 1.807) is 26.2 Å². The van der Waals surface area contributed by atoms with Gasteiger partial charge in [-0.1, -0.05) is 18.7 Å². The number of carbonyl (C=O) groups excluding carboxylic acids is 1. The number of aromatic nitrogens is 2. The lowest BCUT2D eigenvalue weighted by atomic mass is 9.96. The lowest BCUT2D eigenvalue weighted by molar-refractivity contribution is -0.117. The molecule has 0 bridgehead atoms. The molecular formula is C25H28N4O3. The molecule has 1 amide bonds. The number of anilines is 2. The van der Waals surface area contributed by atoms with Crippen LogP contribution in [0.2, 0.25) is 0 Å². The number of hydrogen-bond acceptors (Lipinski definition) is 6. The molecule has 7 nitrogen and oxygen atoms in total. The molecule has 0 spiro atoms. The van der Waals surface area contributed by atoms with Crippen molar-refractivity contribution < 1.29 is 14.6 Å². The molecule has 1 aromatic carbocycles. The van der Waals surface area contributed by atoms with Crippen molar-refractivity contribution in [1.82, 2.24) is 9.97 Å². The number of fused-ring (bicyclic) bond motifs is 1. The summed E-state index contributed by atoms with van der Waals surface area (Å²) >= 11 is 0. The number of hydrogen-bond donors (Lipinski definition) is 3. The second-order valence-electron chi connectivity index (χ2n) is 8.75. The predicted molar refractivity (Wildman–Crippen MR) is 127 cm³/mol. The van der Waals surface area contributed by atoms with E-state index in [1.165, 1.54) is 0 Å². The van der Waals surface area contributed by atoms with Crippen LogP contribution in [0.15, 0.2) is 49.3 Å². The van der Waals surface area contributed by atoms with Gasteiger partial charge >= 0.3 is 0 Å². The summed E-state index contributed by atoms with van der Waals surface area (Å²) < 4.78 is 5.64. The largest absolute Gasteiger partial charge is 0.491 e. The highest BCUT2D eigenvalue weighted by molar-refractivity contribution is 6.03. The number of ether oxygens (including phenoxy) is 1. The van der Waals surface area contributed by atoms with Gasteiger partial charge in [-0.3, -0.25) is 4.79 Å². The molecule has 0 radical (unpaired) electrons. The molecule has 2 aromatic heterocycles. The molecule has 7 heteroatoms. The number of aliphatic hydroxyl groups is 1. The summed E-state index contributed by atoms with van der Waals surface area (Å²) in [6, 6.07) is 9.44. The van der Waals surface area contributed by atoms with Gasteiger partial charge in [-0.15, -0.1) is 0 Å². The summed E-state index contributed by atoms with van der Waals surface area (Å²) in [4.78, 5) is 21.1. The Morgan fingerprint density at radius 3 is 2.53 bits per heavy atom. The first-order chi connectivity index (χ1) is 15.2. The van der Waals surface area contributed by atoms with E-state index in [1.807, 2.05) is 37.4 Å². The van der Waals surface area contributed by atoms with Crippen LogP contribution in [0, 0.1) is 5.92 Å². The van der Waals surface area contributed by atoms with E-state index in [-0.39, 0.29) is 18.4 Å². The molecule has 0 unspecified atom stereocenters.